The molecule has 0 aliphatic carbocycles. The average molecular weight is 252 g/mol. The molecule has 1 heterocycles. The number of halogens is 1. The molecular formula is C13H14ClNS. The number of alkyl halides is 1. The predicted octanol–water partition coefficient (Wildman–Crippen LogP) is 4.28. The van der Waals surface area contributed by atoms with E-state index in [-0.39, 0.29) is 5.38 Å². The zero-order valence-corrected chi connectivity index (χ0v) is 11.0. The lowest BCUT2D eigenvalue weighted by atomic mass is 10.0. The van der Waals surface area contributed by atoms with E-state index < -0.39 is 0 Å². The number of aryl methyl sites for hydroxylation is 2. The fourth-order valence-electron chi connectivity index (χ4n) is 1.66. The van der Waals surface area contributed by atoms with Crippen LogP contribution in [-0.2, 0) is 6.42 Å². The summed E-state index contributed by atoms with van der Waals surface area (Å²) in [6.07, 6.45) is 0.845. The van der Waals surface area contributed by atoms with E-state index >= 15 is 0 Å². The van der Waals surface area contributed by atoms with Crippen molar-refractivity contribution < 1.29 is 0 Å². The Hall–Kier alpha value is -0.860. The van der Waals surface area contributed by atoms with Gasteiger partial charge in [0.05, 0.1) is 16.1 Å². The maximum Gasteiger partial charge on any atom is 0.0897 e. The number of nitrogens with zero attached hydrogens (tertiary/aromatic N) is 1. The van der Waals surface area contributed by atoms with Crippen LogP contribution in [0.1, 0.15) is 27.2 Å². The van der Waals surface area contributed by atoms with E-state index in [4.69, 9.17) is 11.6 Å². The van der Waals surface area contributed by atoms with Gasteiger partial charge >= 0.3 is 0 Å². The van der Waals surface area contributed by atoms with Crippen molar-refractivity contribution in [3.05, 3.63) is 51.5 Å². The lowest BCUT2D eigenvalue weighted by Gasteiger charge is -2.09. The third-order valence-corrected chi connectivity index (χ3v) is 3.79. The third-order valence-electron chi connectivity index (χ3n) is 2.62. The summed E-state index contributed by atoms with van der Waals surface area (Å²) < 4.78 is 0. The van der Waals surface area contributed by atoms with Gasteiger partial charge in [0, 0.05) is 5.38 Å². The maximum atomic E-state index is 6.37. The van der Waals surface area contributed by atoms with E-state index in [0.29, 0.717) is 0 Å². The molecule has 2 rings (SSSR count). The number of thiazole rings is 1. The Balaban J connectivity index is 2.13. The topological polar surface area (TPSA) is 12.9 Å². The average Bonchev–Trinajstić information content (AvgIpc) is 2.68. The molecule has 1 unspecified atom stereocenters. The molecule has 1 aromatic heterocycles. The van der Waals surface area contributed by atoms with Crippen LogP contribution in [0, 0.1) is 13.8 Å². The Labute approximate surface area is 105 Å². The van der Waals surface area contributed by atoms with Crippen LogP contribution >= 0.6 is 22.9 Å². The van der Waals surface area contributed by atoms with Gasteiger partial charge in [0.15, 0.2) is 0 Å². The third kappa shape index (κ3) is 2.63. The summed E-state index contributed by atoms with van der Waals surface area (Å²) in [5.74, 6) is 0. The summed E-state index contributed by atoms with van der Waals surface area (Å²) in [6.45, 7) is 4.12. The molecule has 0 aliphatic heterocycles. The molecule has 0 saturated carbocycles. The first-order chi connectivity index (χ1) is 7.66. The minimum Gasteiger partial charge on any atom is -0.245 e. The van der Waals surface area contributed by atoms with E-state index in [2.05, 4.69) is 36.2 Å². The van der Waals surface area contributed by atoms with Crippen molar-refractivity contribution in [1.82, 2.24) is 4.98 Å². The summed E-state index contributed by atoms with van der Waals surface area (Å²) in [6, 6.07) is 8.35. The van der Waals surface area contributed by atoms with Gasteiger partial charge in [-0.05, 0) is 31.4 Å². The van der Waals surface area contributed by atoms with Gasteiger partial charge in [-0.25, -0.2) is 4.98 Å². The van der Waals surface area contributed by atoms with Gasteiger partial charge in [0.1, 0.15) is 0 Å². The molecule has 0 amide bonds. The zero-order valence-electron chi connectivity index (χ0n) is 9.40. The minimum absolute atomic E-state index is 0.0222. The van der Waals surface area contributed by atoms with Crippen LogP contribution in [-0.4, -0.2) is 4.98 Å². The van der Waals surface area contributed by atoms with E-state index in [1.54, 1.807) is 11.3 Å². The molecule has 3 heteroatoms. The standard InChI is InChI=1S/C13H14ClNS/c1-9-5-3-4-6-11(9)7-12(14)13-8-16-10(2)15-13/h3-6,8,12H,7H2,1-2H3. The van der Waals surface area contributed by atoms with Crippen LogP contribution in [0.2, 0.25) is 0 Å². The van der Waals surface area contributed by atoms with Gasteiger partial charge in [-0.15, -0.1) is 22.9 Å². The summed E-state index contributed by atoms with van der Waals surface area (Å²) in [5, 5.41) is 3.10. The predicted molar refractivity (Wildman–Crippen MR) is 70.3 cm³/mol. The molecule has 84 valence electrons. The molecule has 1 nitrogen and oxygen atoms in total. The Morgan fingerprint density at radius 2 is 2.06 bits per heavy atom. The quantitative estimate of drug-likeness (QED) is 0.742. The lowest BCUT2D eigenvalue weighted by Crippen LogP contribution is -1.98. The molecule has 0 N–H and O–H groups in total. The zero-order chi connectivity index (χ0) is 11.5. The highest BCUT2D eigenvalue weighted by Crippen LogP contribution is 2.27. The molecule has 2 aromatic rings. The van der Waals surface area contributed by atoms with Crippen LogP contribution in [0.15, 0.2) is 29.6 Å². The normalized spacial score (nSPS) is 12.7. The van der Waals surface area contributed by atoms with Crippen molar-refractivity contribution >= 4 is 22.9 Å². The first kappa shape index (κ1) is 11.6. The molecular weight excluding hydrogens is 238 g/mol. The Morgan fingerprint density at radius 3 is 2.69 bits per heavy atom. The smallest absolute Gasteiger partial charge is 0.0897 e. The summed E-state index contributed by atoms with van der Waals surface area (Å²) >= 11 is 8.02. The van der Waals surface area contributed by atoms with Crippen molar-refractivity contribution in [3.8, 4) is 0 Å². The summed E-state index contributed by atoms with van der Waals surface area (Å²) in [5.41, 5.74) is 3.58. The summed E-state index contributed by atoms with van der Waals surface area (Å²) in [4.78, 5) is 4.42. The number of benzene rings is 1. The van der Waals surface area contributed by atoms with Crippen LogP contribution in [0.4, 0.5) is 0 Å². The molecule has 0 spiro atoms. The summed E-state index contributed by atoms with van der Waals surface area (Å²) in [7, 11) is 0. The fourth-order valence-corrected chi connectivity index (χ4v) is 2.68. The Kier molecular flexibility index (Phi) is 3.62. The number of aromatic nitrogens is 1. The molecule has 16 heavy (non-hydrogen) atoms. The van der Waals surface area contributed by atoms with Crippen molar-refractivity contribution in [1.29, 1.82) is 0 Å². The van der Waals surface area contributed by atoms with Crippen LogP contribution < -0.4 is 0 Å². The second-order valence-corrected chi connectivity index (χ2v) is 5.48. The van der Waals surface area contributed by atoms with Gasteiger partial charge in [-0.3, -0.25) is 0 Å². The van der Waals surface area contributed by atoms with Crippen LogP contribution in [0.5, 0.6) is 0 Å². The van der Waals surface area contributed by atoms with E-state index in [9.17, 15) is 0 Å². The van der Waals surface area contributed by atoms with E-state index in [1.165, 1.54) is 11.1 Å². The lowest BCUT2D eigenvalue weighted by molar-refractivity contribution is 0.876. The second kappa shape index (κ2) is 4.98. The second-order valence-electron chi connectivity index (χ2n) is 3.89. The van der Waals surface area contributed by atoms with Gasteiger partial charge in [0.2, 0.25) is 0 Å². The number of hydrogen-bond acceptors (Lipinski definition) is 2. The highest BCUT2D eigenvalue weighted by Gasteiger charge is 2.12. The fraction of sp³-hybridized carbons (Fsp3) is 0.308. The molecule has 1 atom stereocenters. The number of rotatable bonds is 3. The maximum absolute atomic E-state index is 6.37. The van der Waals surface area contributed by atoms with E-state index in [1.807, 2.05) is 12.3 Å². The molecule has 0 saturated heterocycles. The minimum atomic E-state index is -0.0222. The van der Waals surface area contributed by atoms with Gasteiger partial charge < -0.3 is 0 Å². The van der Waals surface area contributed by atoms with E-state index in [0.717, 1.165) is 17.1 Å². The Morgan fingerprint density at radius 1 is 1.31 bits per heavy atom. The highest BCUT2D eigenvalue weighted by atomic mass is 35.5. The highest BCUT2D eigenvalue weighted by molar-refractivity contribution is 7.09. The number of hydrogen-bond donors (Lipinski definition) is 0. The molecule has 0 fully saturated rings. The molecule has 0 bridgehead atoms. The van der Waals surface area contributed by atoms with Crippen molar-refractivity contribution in [3.63, 3.8) is 0 Å². The Bertz CT molecular complexity index is 478. The van der Waals surface area contributed by atoms with Crippen molar-refractivity contribution in [2.45, 2.75) is 25.6 Å². The van der Waals surface area contributed by atoms with Crippen LogP contribution in [0.25, 0.3) is 0 Å². The van der Waals surface area contributed by atoms with Gasteiger partial charge in [-0.2, -0.15) is 0 Å². The largest absolute Gasteiger partial charge is 0.245 e. The van der Waals surface area contributed by atoms with Gasteiger partial charge in [-0.1, -0.05) is 24.3 Å². The van der Waals surface area contributed by atoms with Crippen molar-refractivity contribution in [2.75, 3.05) is 0 Å². The SMILES string of the molecule is Cc1nc(C(Cl)Cc2ccccc2C)cs1. The monoisotopic (exact) mass is 251 g/mol. The molecule has 0 radical (unpaired) electrons. The first-order valence-electron chi connectivity index (χ1n) is 5.27. The first-order valence-corrected chi connectivity index (χ1v) is 6.59. The molecule has 0 aliphatic rings. The van der Waals surface area contributed by atoms with Gasteiger partial charge in [0.25, 0.3) is 0 Å². The van der Waals surface area contributed by atoms with Crippen molar-refractivity contribution in [2.24, 2.45) is 0 Å². The van der Waals surface area contributed by atoms with Crippen LogP contribution in [0.3, 0.4) is 0 Å². The molecule has 1 aromatic carbocycles.